The number of furan rings is 1. The highest BCUT2D eigenvalue weighted by atomic mass is 35.5. The van der Waals surface area contributed by atoms with Gasteiger partial charge in [-0.3, -0.25) is 0 Å². The second kappa shape index (κ2) is 7.27. The first-order valence-electron chi connectivity index (χ1n) is 8.89. The van der Waals surface area contributed by atoms with Gasteiger partial charge in [-0.05, 0) is 57.4 Å². The molecule has 2 N–H and O–H groups in total. The summed E-state index contributed by atoms with van der Waals surface area (Å²) in [6.45, 7) is 0.571. The number of rotatable bonds is 5. The van der Waals surface area contributed by atoms with Crippen molar-refractivity contribution in [3.8, 4) is 11.6 Å². The van der Waals surface area contributed by atoms with E-state index in [-0.39, 0.29) is 6.04 Å². The molecule has 2 aromatic carbocycles. The van der Waals surface area contributed by atoms with E-state index in [1.807, 2.05) is 62.6 Å². The van der Waals surface area contributed by atoms with Crippen LogP contribution in [0.5, 0.6) is 0 Å². The first kappa shape index (κ1) is 17.9. The van der Waals surface area contributed by atoms with E-state index in [1.165, 1.54) is 0 Å². The first-order chi connectivity index (χ1) is 13.1. The Labute approximate surface area is 162 Å². The maximum absolute atomic E-state index is 6.22. The normalized spacial score (nSPS) is 12.9. The molecule has 6 heteroatoms. The summed E-state index contributed by atoms with van der Waals surface area (Å²) in [4.78, 5) is 11.7. The Morgan fingerprint density at radius 3 is 2.67 bits per heavy atom. The van der Waals surface area contributed by atoms with Crippen molar-refractivity contribution in [1.29, 1.82) is 0 Å². The quantitative estimate of drug-likeness (QED) is 0.546. The van der Waals surface area contributed by atoms with E-state index in [0.717, 1.165) is 34.0 Å². The van der Waals surface area contributed by atoms with Gasteiger partial charge in [0.2, 0.25) is 0 Å². The van der Waals surface area contributed by atoms with Crippen LogP contribution in [0.15, 0.2) is 52.9 Å². The van der Waals surface area contributed by atoms with Crippen molar-refractivity contribution < 1.29 is 4.42 Å². The second-order valence-electron chi connectivity index (χ2n) is 6.80. The Morgan fingerprint density at radius 2 is 1.93 bits per heavy atom. The lowest BCUT2D eigenvalue weighted by Gasteiger charge is -2.24. The van der Waals surface area contributed by atoms with Gasteiger partial charge < -0.3 is 15.1 Å². The lowest BCUT2D eigenvalue weighted by Crippen LogP contribution is -2.24. The molecular formula is C21H21ClN4O. The second-order valence-corrected chi connectivity index (χ2v) is 7.24. The van der Waals surface area contributed by atoms with E-state index in [4.69, 9.17) is 31.7 Å². The number of fused-ring (bicyclic) bond motifs is 2. The van der Waals surface area contributed by atoms with Crippen LogP contribution in [0.1, 0.15) is 18.2 Å². The fourth-order valence-electron chi connectivity index (χ4n) is 3.38. The predicted octanol–water partition coefficient (Wildman–Crippen LogP) is 4.65. The van der Waals surface area contributed by atoms with Crippen LogP contribution < -0.4 is 5.73 Å². The van der Waals surface area contributed by atoms with Crippen LogP contribution >= 0.6 is 11.6 Å². The zero-order valence-electron chi connectivity index (χ0n) is 15.3. The zero-order valence-corrected chi connectivity index (χ0v) is 16.1. The molecule has 0 radical (unpaired) electrons. The van der Waals surface area contributed by atoms with Gasteiger partial charge in [0.05, 0.1) is 17.3 Å². The molecule has 0 aliphatic carbocycles. The molecule has 2 heterocycles. The summed E-state index contributed by atoms with van der Waals surface area (Å²) in [7, 11) is 4.07. The largest absolute Gasteiger partial charge is 0.453 e. The van der Waals surface area contributed by atoms with Gasteiger partial charge in [-0.1, -0.05) is 29.8 Å². The molecule has 1 atom stereocenters. The minimum atomic E-state index is 0.0739. The van der Waals surface area contributed by atoms with Crippen LogP contribution in [0.25, 0.3) is 33.5 Å². The number of nitrogens with two attached hydrogens (primary N) is 1. The Morgan fingerprint density at radius 1 is 1.11 bits per heavy atom. The SMILES string of the molecule is CN(C)C(CCN)c1nc(-c2cc3ccccc3o2)nc2cc(Cl)ccc12. The van der Waals surface area contributed by atoms with Crippen LogP contribution in [-0.2, 0) is 0 Å². The summed E-state index contributed by atoms with van der Waals surface area (Å²) in [5, 5.41) is 2.64. The first-order valence-corrected chi connectivity index (χ1v) is 9.27. The molecule has 5 nitrogen and oxygen atoms in total. The third kappa shape index (κ3) is 3.41. The molecule has 0 fully saturated rings. The van der Waals surface area contributed by atoms with Crippen LogP contribution in [0.4, 0.5) is 0 Å². The van der Waals surface area contributed by atoms with Crippen molar-refractivity contribution in [3.05, 3.63) is 59.2 Å². The van der Waals surface area contributed by atoms with Crippen molar-refractivity contribution in [1.82, 2.24) is 14.9 Å². The van der Waals surface area contributed by atoms with Gasteiger partial charge in [-0.15, -0.1) is 0 Å². The highest BCUT2D eigenvalue weighted by molar-refractivity contribution is 6.31. The smallest absolute Gasteiger partial charge is 0.196 e. The molecule has 0 saturated carbocycles. The number of nitrogens with zero attached hydrogens (tertiary/aromatic N) is 3. The number of aromatic nitrogens is 2. The average Bonchev–Trinajstić information content (AvgIpc) is 3.09. The van der Waals surface area contributed by atoms with Crippen LogP contribution in [0.2, 0.25) is 5.02 Å². The van der Waals surface area contributed by atoms with Crippen molar-refractivity contribution in [2.75, 3.05) is 20.6 Å². The summed E-state index contributed by atoms with van der Waals surface area (Å²) in [6.07, 6.45) is 0.793. The number of hydrogen-bond donors (Lipinski definition) is 1. The van der Waals surface area contributed by atoms with E-state index >= 15 is 0 Å². The number of benzene rings is 2. The molecule has 0 saturated heterocycles. The maximum Gasteiger partial charge on any atom is 0.196 e. The zero-order chi connectivity index (χ0) is 19.0. The summed E-state index contributed by atoms with van der Waals surface area (Å²) >= 11 is 6.22. The summed E-state index contributed by atoms with van der Waals surface area (Å²) in [5.74, 6) is 1.20. The fourth-order valence-corrected chi connectivity index (χ4v) is 3.55. The van der Waals surface area contributed by atoms with Crippen molar-refractivity contribution in [2.24, 2.45) is 5.73 Å². The molecule has 27 heavy (non-hydrogen) atoms. The van der Waals surface area contributed by atoms with Gasteiger partial charge in [0.25, 0.3) is 0 Å². The van der Waals surface area contributed by atoms with Crippen LogP contribution in [-0.4, -0.2) is 35.5 Å². The van der Waals surface area contributed by atoms with Crippen molar-refractivity contribution in [2.45, 2.75) is 12.5 Å². The third-order valence-electron chi connectivity index (χ3n) is 4.71. The van der Waals surface area contributed by atoms with E-state index in [0.29, 0.717) is 23.2 Å². The average molecular weight is 381 g/mol. The monoisotopic (exact) mass is 380 g/mol. The Hall–Kier alpha value is -2.47. The summed E-state index contributed by atoms with van der Waals surface area (Å²) in [6, 6.07) is 15.6. The summed E-state index contributed by atoms with van der Waals surface area (Å²) < 4.78 is 5.99. The van der Waals surface area contributed by atoms with Crippen molar-refractivity contribution >= 4 is 33.5 Å². The molecule has 0 amide bonds. The molecule has 4 rings (SSSR count). The van der Waals surface area contributed by atoms with Crippen LogP contribution in [0.3, 0.4) is 0 Å². The predicted molar refractivity (Wildman–Crippen MR) is 110 cm³/mol. The van der Waals surface area contributed by atoms with E-state index in [2.05, 4.69) is 4.90 Å². The molecule has 4 aromatic rings. The van der Waals surface area contributed by atoms with Gasteiger partial charge in [-0.2, -0.15) is 0 Å². The number of para-hydroxylation sites is 1. The van der Waals surface area contributed by atoms with E-state index in [9.17, 15) is 0 Å². The Balaban J connectivity index is 1.95. The molecule has 2 aromatic heterocycles. The maximum atomic E-state index is 6.22. The van der Waals surface area contributed by atoms with Gasteiger partial charge in [-0.25, -0.2) is 9.97 Å². The minimum Gasteiger partial charge on any atom is -0.453 e. The molecule has 0 spiro atoms. The molecule has 1 unspecified atom stereocenters. The van der Waals surface area contributed by atoms with Crippen LogP contribution in [0, 0.1) is 0 Å². The van der Waals surface area contributed by atoms with Gasteiger partial charge in [0.1, 0.15) is 5.58 Å². The van der Waals surface area contributed by atoms with E-state index in [1.54, 1.807) is 0 Å². The standard InChI is InChI=1S/C21H21ClN4O/c1-26(2)17(9-10-23)20-15-8-7-14(22)12-16(15)24-21(25-20)19-11-13-5-3-4-6-18(13)27-19/h3-8,11-12,17H,9-10,23H2,1-2H3. The third-order valence-corrected chi connectivity index (χ3v) is 4.95. The lowest BCUT2D eigenvalue weighted by molar-refractivity contribution is 0.283. The number of halogens is 1. The molecule has 138 valence electrons. The molecular weight excluding hydrogens is 360 g/mol. The Kier molecular flexibility index (Phi) is 4.83. The van der Waals surface area contributed by atoms with Crippen molar-refractivity contribution in [3.63, 3.8) is 0 Å². The van der Waals surface area contributed by atoms with Gasteiger partial charge >= 0.3 is 0 Å². The molecule has 0 bridgehead atoms. The highest BCUT2D eigenvalue weighted by Crippen LogP contribution is 2.32. The Bertz CT molecular complexity index is 1070. The highest BCUT2D eigenvalue weighted by Gasteiger charge is 2.21. The van der Waals surface area contributed by atoms with Gasteiger partial charge in [0, 0.05) is 15.8 Å². The minimum absolute atomic E-state index is 0.0739. The molecule has 0 aliphatic heterocycles. The lowest BCUT2D eigenvalue weighted by atomic mass is 10.0. The fraction of sp³-hybridized carbons (Fsp3) is 0.238. The number of hydrogen-bond acceptors (Lipinski definition) is 5. The van der Waals surface area contributed by atoms with E-state index < -0.39 is 0 Å². The summed E-state index contributed by atoms with van der Waals surface area (Å²) in [5.41, 5.74) is 8.41. The molecule has 0 aliphatic rings. The van der Waals surface area contributed by atoms with Gasteiger partial charge in [0.15, 0.2) is 11.6 Å². The topological polar surface area (TPSA) is 68.2 Å².